The molecule has 0 radical (unpaired) electrons. The van der Waals surface area contributed by atoms with Crippen LogP contribution in [0.1, 0.15) is 5.56 Å². The van der Waals surface area contributed by atoms with Gasteiger partial charge >= 0.3 is 0 Å². The molecule has 3 nitrogen and oxygen atoms in total. The quantitative estimate of drug-likeness (QED) is 0.788. The summed E-state index contributed by atoms with van der Waals surface area (Å²) >= 11 is 0. The highest BCUT2D eigenvalue weighted by atomic mass is 19.1. The summed E-state index contributed by atoms with van der Waals surface area (Å²) in [4.78, 5) is 7.27. The zero-order valence-electron chi connectivity index (χ0n) is 8.32. The lowest BCUT2D eigenvalue weighted by Gasteiger charge is -2.04. The molecule has 2 rings (SSSR count). The Labute approximate surface area is 91.0 Å². The summed E-state index contributed by atoms with van der Waals surface area (Å²) in [6.07, 6.45) is 2.49. The molecule has 2 heterocycles. The number of nitrogens with zero attached hydrogens (tertiary/aromatic N) is 2. The van der Waals surface area contributed by atoms with E-state index in [0.717, 1.165) is 6.20 Å². The molecule has 0 saturated heterocycles. The maximum atomic E-state index is 13.3. The van der Waals surface area contributed by atoms with Crippen LogP contribution in [0.5, 0.6) is 0 Å². The SMILES string of the molecule is NCc1ccc(-c2ccncc2F)nc1F. The molecule has 0 saturated carbocycles. The topological polar surface area (TPSA) is 51.8 Å². The zero-order chi connectivity index (χ0) is 11.5. The Morgan fingerprint density at radius 1 is 1.19 bits per heavy atom. The molecule has 5 heteroatoms. The number of aromatic nitrogens is 2. The average molecular weight is 221 g/mol. The van der Waals surface area contributed by atoms with Crippen molar-refractivity contribution >= 4 is 0 Å². The maximum absolute atomic E-state index is 13.3. The van der Waals surface area contributed by atoms with E-state index in [1.54, 1.807) is 0 Å². The molecule has 0 aliphatic rings. The molecule has 2 aromatic heterocycles. The van der Waals surface area contributed by atoms with Gasteiger partial charge in [0.25, 0.3) is 0 Å². The van der Waals surface area contributed by atoms with Gasteiger partial charge in [-0.3, -0.25) is 4.98 Å². The monoisotopic (exact) mass is 221 g/mol. The third-order valence-electron chi connectivity index (χ3n) is 2.19. The zero-order valence-corrected chi connectivity index (χ0v) is 8.32. The molecule has 0 spiro atoms. The minimum atomic E-state index is -0.670. The summed E-state index contributed by atoms with van der Waals surface area (Å²) in [6, 6.07) is 4.47. The third-order valence-corrected chi connectivity index (χ3v) is 2.19. The molecular formula is C11H9F2N3. The summed E-state index contributed by atoms with van der Waals surface area (Å²) < 4.78 is 26.7. The van der Waals surface area contributed by atoms with Crippen LogP contribution in [-0.4, -0.2) is 9.97 Å². The molecule has 2 aromatic rings. The van der Waals surface area contributed by atoms with Crippen LogP contribution in [0, 0.1) is 11.8 Å². The second kappa shape index (κ2) is 4.32. The van der Waals surface area contributed by atoms with Gasteiger partial charge in [0.05, 0.1) is 11.9 Å². The van der Waals surface area contributed by atoms with Gasteiger partial charge in [-0.1, -0.05) is 6.07 Å². The normalized spacial score (nSPS) is 10.4. The molecule has 0 fully saturated rings. The Morgan fingerprint density at radius 2 is 2.00 bits per heavy atom. The fourth-order valence-corrected chi connectivity index (χ4v) is 1.35. The van der Waals surface area contributed by atoms with Crippen LogP contribution in [0.2, 0.25) is 0 Å². The first-order valence-corrected chi connectivity index (χ1v) is 4.67. The Kier molecular flexibility index (Phi) is 2.87. The number of halogens is 2. The highest BCUT2D eigenvalue weighted by Gasteiger charge is 2.09. The molecule has 0 amide bonds. The fraction of sp³-hybridized carbons (Fsp3) is 0.0909. The van der Waals surface area contributed by atoms with E-state index in [9.17, 15) is 8.78 Å². The number of nitrogens with two attached hydrogens (primary N) is 1. The van der Waals surface area contributed by atoms with Gasteiger partial charge in [0.15, 0.2) is 5.82 Å². The van der Waals surface area contributed by atoms with Crippen molar-refractivity contribution in [3.05, 3.63) is 47.9 Å². The van der Waals surface area contributed by atoms with Gasteiger partial charge in [-0.2, -0.15) is 4.39 Å². The third kappa shape index (κ3) is 1.90. The van der Waals surface area contributed by atoms with Gasteiger partial charge in [-0.05, 0) is 12.1 Å². The first-order valence-electron chi connectivity index (χ1n) is 4.67. The summed E-state index contributed by atoms with van der Waals surface area (Å²) in [5.74, 6) is -1.20. The predicted octanol–water partition coefficient (Wildman–Crippen LogP) is 1.88. The Bertz CT molecular complexity index is 514. The van der Waals surface area contributed by atoms with Crippen LogP contribution in [0.3, 0.4) is 0 Å². The molecule has 0 aromatic carbocycles. The van der Waals surface area contributed by atoms with Crippen molar-refractivity contribution < 1.29 is 8.78 Å². The maximum Gasteiger partial charge on any atom is 0.217 e. The summed E-state index contributed by atoms with van der Waals surface area (Å²) in [6.45, 7) is 0.0674. The highest BCUT2D eigenvalue weighted by Crippen LogP contribution is 2.20. The molecule has 2 N–H and O–H groups in total. The van der Waals surface area contributed by atoms with Crippen LogP contribution in [-0.2, 0) is 6.54 Å². The van der Waals surface area contributed by atoms with Crippen molar-refractivity contribution in [1.29, 1.82) is 0 Å². The lowest BCUT2D eigenvalue weighted by atomic mass is 10.1. The smallest absolute Gasteiger partial charge is 0.217 e. The van der Waals surface area contributed by atoms with Crippen molar-refractivity contribution in [1.82, 2.24) is 9.97 Å². The van der Waals surface area contributed by atoms with Gasteiger partial charge in [0.2, 0.25) is 5.95 Å². The van der Waals surface area contributed by atoms with E-state index in [4.69, 9.17) is 5.73 Å². The van der Waals surface area contributed by atoms with Crippen molar-refractivity contribution in [3.8, 4) is 11.3 Å². The van der Waals surface area contributed by atoms with Gasteiger partial charge in [0.1, 0.15) is 0 Å². The molecule has 0 unspecified atom stereocenters. The molecule has 82 valence electrons. The summed E-state index contributed by atoms with van der Waals surface area (Å²) in [7, 11) is 0. The second-order valence-electron chi connectivity index (χ2n) is 3.21. The Hall–Kier alpha value is -1.88. The molecule has 0 atom stereocenters. The van der Waals surface area contributed by atoms with Gasteiger partial charge < -0.3 is 5.73 Å². The van der Waals surface area contributed by atoms with E-state index in [2.05, 4.69) is 9.97 Å². The van der Waals surface area contributed by atoms with E-state index in [0.29, 0.717) is 5.56 Å². The van der Waals surface area contributed by atoms with Crippen molar-refractivity contribution in [3.63, 3.8) is 0 Å². The summed E-state index contributed by atoms with van der Waals surface area (Å²) in [5, 5.41) is 0. The van der Waals surface area contributed by atoms with Gasteiger partial charge in [0, 0.05) is 23.9 Å². The van der Waals surface area contributed by atoms with Crippen LogP contribution in [0.25, 0.3) is 11.3 Å². The minimum absolute atomic E-state index is 0.0674. The standard InChI is InChI=1S/C11H9F2N3/c12-9-6-15-4-3-8(9)10-2-1-7(5-14)11(13)16-10/h1-4,6H,5,14H2. The number of hydrogen-bond acceptors (Lipinski definition) is 3. The molecular weight excluding hydrogens is 212 g/mol. The first kappa shape index (κ1) is 10.6. The van der Waals surface area contributed by atoms with E-state index in [1.807, 2.05) is 0 Å². The van der Waals surface area contributed by atoms with Crippen LogP contribution in [0.15, 0.2) is 30.6 Å². The number of pyridine rings is 2. The van der Waals surface area contributed by atoms with Gasteiger partial charge in [-0.15, -0.1) is 0 Å². The highest BCUT2D eigenvalue weighted by molar-refractivity contribution is 5.59. The van der Waals surface area contributed by atoms with E-state index in [-0.39, 0.29) is 17.8 Å². The first-order chi connectivity index (χ1) is 7.72. The minimum Gasteiger partial charge on any atom is -0.326 e. The van der Waals surface area contributed by atoms with Crippen molar-refractivity contribution in [2.45, 2.75) is 6.54 Å². The van der Waals surface area contributed by atoms with E-state index >= 15 is 0 Å². The lowest BCUT2D eigenvalue weighted by Crippen LogP contribution is -2.02. The Balaban J connectivity index is 2.50. The molecule has 0 aliphatic carbocycles. The summed E-state index contributed by atoms with van der Waals surface area (Å²) in [5.41, 5.74) is 6.06. The van der Waals surface area contributed by atoms with Crippen LogP contribution < -0.4 is 5.73 Å². The van der Waals surface area contributed by atoms with Crippen molar-refractivity contribution in [2.24, 2.45) is 5.73 Å². The number of hydrogen-bond donors (Lipinski definition) is 1. The van der Waals surface area contributed by atoms with Gasteiger partial charge in [-0.25, -0.2) is 9.37 Å². The molecule has 0 bridgehead atoms. The van der Waals surface area contributed by atoms with Crippen LogP contribution >= 0.6 is 0 Å². The van der Waals surface area contributed by atoms with Crippen LogP contribution in [0.4, 0.5) is 8.78 Å². The molecule has 0 aliphatic heterocycles. The Morgan fingerprint density at radius 3 is 2.62 bits per heavy atom. The average Bonchev–Trinajstić information content (AvgIpc) is 2.29. The van der Waals surface area contributed by atoms with Crippen molar-refractivity contribution in [2.75, 3.05) is 0 Å². The van der Waals surface area contributed by atoms with E-state index in [1.165, 1.54) is 24.4 Å². The largest absolute Gasteiger partial charge is 0.326 e. The molecule has 16 heavy (non-hydrogen) atoms. The number of rotatable bonds is 2. The van der Waals surface area contributed by atoms with E-state index < -0.39 is 11.8 Å². The lowest BCUT2D eigenvalue weighted by molar-refractivity contribution is 0.567. The predicted molar refractivity (Wildman–Crippen MR) is 55.3 cm³/mol. The second-order valence-corrected chi connectivity index (χ2v) is 3.21. The fourth-order valence-electron chi connectivity index (χ4n) is 1.35.